The number of hydrogen-bond acceptors (Lipinski definition) is 10. The number of nitrogens with one attached hydrogen (secondary N) is 4. The highest BCUT2D eigenvalue weighted by atomic mass is 35.5. The lowest BCUT2D eigenvalue weighted by Crippen LogP contribution is -2.54. The second kappa shape index (κ2) is 17.7. The first-order valence-electron chi connectivity index (χ1n) is 23.2. The minimum atomic E-state index is -1.22. The number of carbonyl (C=O) groups is 4. The Hall–Kier alpha value is -5.75. The molecule has 5 N–H and O–H groups in total. The molecule has 3 aromatic heterocycles. The number of methoxy groups -OCH3 is 1. The number of piperidine rings is 2. The van der Waals surface area contributed by atoms with Crippen molar-refractivity contribution >= 4 is 58.1 Å². The van der Waals surface area contributed by atoms with Crippen molar-refractivity contribution in [2.75, 3.05) is 33.5 Å². The standard InChI is InChI=1S/C48H51Cl2N9O8/c1-65-48(64)55-39(26-12-16-67-17-13-26)46(61)59-34-20-29(34)21-35(59)43-52-37(41(49)56-43)24-4-2-23(3-5-24)27-6-8-31-28(18-27)7-9-32(51-31)40-42(50)57-44(53-40)36-22-30-19-33(30)58(36)45(60)38(54-47(62)63)25-10-14-66-15-11-25/h2-9,18,25-26,29-30,33-36,38-39,54H,10-17,19-22H2,1H3,(H,52,56)(H,53,57)(H,55,64)(H,62,63)/t29-,30-,33-,34-,35+,36+,38+,39+/m1/s1. The molecule has 4 saturated heterocycles. The monoisotopic (exact) mass is 951 g/mol. The first-order chi connectivity index (χ1) is 32.5. The average Bonchev–Trinajstić information content (AvgIpc) is 4.06. The van der Waals surface area contributed by atoms with Crippen LogP contribution in [-0.4, -0.2) is 122 Å². The predicted molar refractivity (Wildman–Crippen MR) is 246 cm³/mol. The number of likely N-dealkylation sites (tertiary alicyclic amines) is 2. The summed E-state index contributed by atoms with van der Waals surface area (Å²) in [4.78, 5) is 77.6. The number of benzene rings is 2. The lowest BCUT2D eigenvalue weighted by atomic mass is 9.90. The quantitative estimate of drug-likeness (QED) is 0.0872. The van der Waals surface area contributed by atoms with Crippen molar-refractivity contribution in [1.29, 1.82) is 0 Å². The van der Waals surface area contributed by atoms with E-state index in [9.17, 15) is 24.3 Å². The summed E-state index contributed by atoms with van der Waals surface area (Å²) in [5.41, 5.74) is 5.42. The van der Waals surface area contributed by atoms with Crippen molar-refractivity contribution in [3.8, 4) is 33.8 Å². The fraction of sp³-hybridized carbons (Fsp3) is 0.479. The molecule has 67 heavy (non-hydrogen) atoms. The molecule has 0 radical (unpaired) electrons. The summed E-state index contributed by atoms with van der Waals surface area (Å²) in [5.74, 6) is 1.33. The summed E-state index contributed by atoms with van der Waals surface area (Å²) in [5, 5.41) is 16.5. The highest BCUT2D eigenvalue weighted by Gasteiger charge is 2.58. The maximum Gasteiger partial charge on any atom is 0.407 e. The van der Waals surface area contributed by atoms with Gasteiger partial charge >= 0.3 is 12.2 Å². The van der Waals surface area contributed by atoms with E-state index < -0.39 is 24.3 Å². The second-order valence-corrected chi connectivity index (χ2v) is 19.5. The van der Waals surface area contributed by atoms with Crippen molar-refractivity contribution in [3.63, 3.8) is 0 Å². The molecule has 350 valence electrons. The van der Waals surface area contributed by atoms with Crippen LogP contribution in [0.3, 0.4) is 0 Å². The normalized spacial score (nSPS) is 25.6. The summed E-state index contributed by atoms with van der Waals surface area (Å²) in [6, 6.07) is 15.9. The minimum absolute atomic E-state index is 0.0425. The van der Waals surface area contributed by atoms with Crippen molar-refractivity contribution in [2.24, 2.45) is 23.7 Å². The molecule has 17 nitrogen and oxygen atoms in total. The number of alkyl carbamates (subject to hydrolysis) is 1. The molecule has 19 heteroatoms. The molecular formula is C48H51Cl2N9O8. The minimum Gasteiger partial charge on any atom is -0.465 e. The van der Waals surface area contributed by atoms with Crippen molar-refractivity contribution in [1.82, 2.24) is 45.4 Å². The topological polar surface area (TPSA) is 217 Å². The summed E-state index contributed by atoms with van der Waals surface area (Å²) >= 11 is 13.6. The molecule has 8 atom stereocenters. The Balaban J connectivity index is 0.790. The Bertz CT molecular complexity index is 2740. The van der Waals surface area contributed by atoms with Crippen LogP contribution < -0.4 is 10.6 Å². The van der Waals surface area contributed by atoms with Crippen LogP contribution in [0, 0.1) is 23.7 Å². The third-order valence-electron chi connectivity index (χ3n) is 14.9. The van der Waals surface area contributed by atoms with E-state index in [2.05, 4.69) is 26.7 Å². The van der Waals surface area contributed by atoms with Crippen molar-refractivity contribution in [3.05, 3.63) is 76.6 Å². The van der Waals surface area contributed by atoms with E-state index in [1.807, 2.05) is 58.3 Å². The fourth-order valence-electron chi connectivity index (χ4n) is 11.2. The van der Waals surface area contributed by atoms with E-state index in [-0.39, 0.29) is 53.0 Å². The van der Waals surface area contributed by atoms with Gasteiger partial charge in [-0.2, -0.15) is 0 Å². The predicted octanol–water partition coefficient (Wildman–Crippen LogP) is 7.53. The third-order valence-corrected chi connectivity index (χ3v) is 15.4. The molecule has 0 spiro atoms. The number of carbonyl (C=O) groups excluding carboxylic acids is 3. The van der Waals surface area contributed by atoms with Gasteiger partial charge in [-0.1, -0.05) is 59.6 Å². The van der Waals surface area contributed by atoms with Gasteiger partial charge in [0, 0.05) is 49.5 Å². The molecule has 6 fully saturated rings. The number of amides is 4. The SMILES string of the molecule is COC(=O)N[C@H](C(=O)N1[C@@H]2C[C@@H]2C[C@H]1c1nc(Cl)c(-c2ccc(-c3ccc4nc(-c5[nH]c([C@@H]6C[C@H]7C[C@H]7N6C(=O)[C@@H](NC(=O)O)C6CCOCC6)nc5Cl)ccc4c3)cc2)[nH]1)C1CCOCC1. The number of rotatable bonds is 11. The van der Waals surface area contributed by atoms with Crippen molar-refractivity contribution in [2.45, 2.75) is 87.6 Å². The van der Waals surface area contributed by atoms with Gasteiger partial charge in [0.25, 0.3) is 0 Å². The highest BCUT2D eigenvalue weighted by Crippen LogP contribution is 2.55. The Morgan fingerprint density at radius 3 is 1.78 bits per heavy atom. The Kier molecular flexibility index (Phi) is 11.6. The van der Waals surface area contributed by atoms with E-state index in [4.69, 9.17) is 52.4 Å². The van der Waals surface area contributed by atoms with Crippen LogP contribution in [0.2, 0.25) is 10.3 Å². The van der Waals surface area contributed by atoms with Gasteiger partial charge in [-0.05, 0) is 104 Å². The Morgan fingerprint density at radius 2 is 1.21 bits per heavy atom. The summed E-state index contributed by atoms with van der Waals surface area (Å²) < 4.78 is 16.0. The van der Waals surface area contributed by atoms with Crippen LogP contribution in [-0.2, 0) is 23.8 Å². The van der Waals surface area contributed by atoms with E-state index in [0.717, 1.165) is 53.3 Å². The molecule has 7 heterocycles. The highest BCUT2D eigenvalue weighted by molar-refractivity contribution is 6.32. The van der Waals surface area contributed by atoms with Crippen LogP contribution in [0.5, 0.6) is 0 Å². The number of imidazole rings is 2. The van der Waals surface area contributed by atoms with Gasteiger partial charge in [-0.3, -0.25) is 9.59 Å². The molecule has 0 unspecified atom stereocenters. The zero-order valence-electron chi connectivity index (χ0n) is 36.8. The van der Waals surface area contributed by atoms with Gasteiger partial charge < -0.3 is 49.7 Å². The average molecular weight is 953 g/mol. The van der Waals surface area contributed by atoms with Gasteiger partial charge in [-0.25, -0.2) is 24.5 Å². The largest absolute Gasteiger partial charge is 0.465 e. The van der Waals surface area contributed by atoms with Crippen LogP contribution in [0.1, 0.15) is 75.1 Å². The first-order valence-corrected chi connectivity index (χ1v) is 23.9. The zero-order valence-corrected chi connectivity index (χ0v) is 38.3. The van der Waals surface area contributed by atoms with Crippen LogP contribution in [0.15, 0.2) is 54.6 Å². The molecule has 6 aliphatic rings. The third kappa shape index (κ3) is 8.37. The molecule has 0 bridgehead atoms. The molecule has 2 saturated carbocycles. The summed E-state index contributed by atoms with van der Waals surface area (Å²) in [6.45, 7) is 2.06. The summed E-state index contributed by atoms with van der Waals surface area (Å²) in [7, 11) is 1.30. The number of aromatic amines is 2. The fourth-order valence-corrected chi connectivity index (χ4v) is 11.7. The van der Waals surface area contributed by atoms with Gasteiger partial charge in [0.2, 0.25) is 11.8 Å². The van der Waals surface area contributed by atoms with Crippen LogP contribution >= 0.6 is 23.2 Å². The second-order valence-electron chi connectivity index (χ2n) is 18.8. The molecule has 4 aliphatic heterocycles. The van der Waals surface area contributed by atoms with Gasteiger partial charge in [0.1, 0.15) is 29.4 Å². The molecule has 2 aromatic carbocycles. The van der Waals surface area contributed by atoms with E-state index in [0.29, 0.717) is 97.8 Å². The number of aromatic nitrogens is 5. The molecule has 2 aliphatic carbocycles. The lowest BCUT2D eigenvalue weighted by molar-refractivity contribution is -0.138. The van der Waals surface area contributed by atoms with E-state index >= 15 is 0 Å². The summed E-state index contributed by atoms with van der Waals surface area (Å²) in [6.07, 6.45) is 4.00. The first kappa shape index (κ1) is 43.8. The van der Waals surface area contributed by atoms with Gasteiger partial charge in [-0.15, -0.1) is 0 Å². The molecule has 11 rings (SSSR count). The Morgan fingerprint density at radius 1 is 0.687 bits per heavy atom. The maximum absolute atomic E-state index is 14.3. The Labute approximate surface area is 395 Å². The number of hydrogen-bond donors (Lipinski definition) is 5. The van der Waals surface area contributed by atoms with E-state index in [1.54, 1.807) is 0 Å². The number of H-pyrrole nitrogens is 2. The number of halogens is 2. The maximum atomic E-state index is 14.3. The smallest absolute Gasteiger partial charge is 0.407 e. The zero-order chi connectivity index (χ0) is 46.1. The number of carboxylic acid groups (broad SMARTS) is 1. The number of nitrogens with zero attached hydrogens (tertiary/aromatic N) is 5. The molecule has 5 aromatic rings. The number of pyridine rings is 1. The van der Waals surface area contributed by atoms with Gasteiger partial charge in [0.15, 0.2) is 10.3 Å². The molecular weight excluding hydrogens is 901 g/mol. The van der Waals surface area contributed by atoms with Crippen LogP contribution in [0.4, 0.5) is 9.59 Å². The van der Waals surface area contributed by atoms with Crippen molar-refractivity contribution < 1.29 is 38.5 Å². The number of ether oxygens (including phenoxy) is 3. The van der Waals surface area contributed by atoms with Gasteiger partial charge in [0.05, 0.1) is 36.1 Å². The van der Waals surface area contributed by atoms with E-state index in [1.165, 1.54) is 7.11 Å². The lowest BCUT2D eigenvalue weighted by Gasteiger charge is -2.35. The van der Waals surface area contributed by atoms with Crippen LogP contribution in [0.25, 0.3) is 44.7 Å². The number of fused-ring (bicyclic) bond motifs is 3. The molecule has 4 amide bonds.